The number of amides is 1. The number of anilines is 1. The lowest BCUT2D eigenvalue weighted by Crippen LogP contribution is -2.24. The molecule has 0 aliphatic carbocycles. The summed E-state index contributed by atoms with van der Waals surface area (Å²) < 4.78 is 54.4. The quantitative estimate of drug-likeness (QED) is 0.291. The molecule has 0 aliphatic heterocycles. The lowest BCUT2D eigenvalue weighted by Gasteiger charge is -2.12. The van der Waals surface area contributed by atoms with Crippen molar-refractivity contribution in [3.8, 4) is 11.4 Å². The van der Waals surface area contributed by atoms with Crippen molar-refractivity contribution in [3.63, 3.8) is 0 Å². The lowest BCUT2D eigenvalue weighted by molar-refractivity contribution is -0.115. The van der Waals surface area contributed by atoms with Gasteiger partial charge in [0, 0.05) is 5.56 Å². The molecule has 1 amide bonds. The average molecular weight is 411 g/mol. The van der Waals surface area contributed by atoms with E-state index < -0.39 is 40.1 Å². The summed E-state index contributed by atoms with van der Waals surface area (Å²) in [4.78, 5) is 12.2. The molecule has 0 fully saturated rings. The minimum atomic E-state index is -1.68. The molecule has 3 N–H and O–H groups in total. The molecule has 0 spiro atoms. The van der Waals surface area contributed by atoms with E-state index in [-0.39, 0.29) is 11.0 Å². The highest BCUT2D eigenvalue weighted by Gasteiger charge is 2.22. The summed E-state index contributed by atoms with van der Waals surface area (Å²) in [5.41, 5.74) is -0.103. The maximum absolute atomic E-state index is 13.7. The third-order valence-electron chi connectivity index (χ3n) is 3.69. The van der Waals surface area contributed by atoms with E-state index in [1.165, 1.54) is 25.1 Å². The Hall–Kier alpha value is -3.08. The largest absolute Gasteiger partial charge is 0.335 e. The second-order valence-electron chi connectivity index (χ2n) is 5.66. The van der Waals surface area contributed by atoms with E-state index in [1.54, 1.807) is 6.07 Å². The number of aromatic nitrogens is 3. The molecule has 1 atom stereocenters. The number of benzene rings is 2. The first-order chi connectivity index (χ1) is 13.3. The van der Waals surface area contributed by atoms with Gasteiger partial charge in [0.1, 0.15) is 5.82 Å². The summed E-state index contributed by atoms with van der Waals surface area (Å²) in [7, 11) is 0. The minimum Gasteiger partial charge on any atom is -0.335 e. The highest BCUT2D eigenvalue weighted by molar-refractivity contribution is 8.00. The van der Waals surface area contributed by atoms with Crippen LogP contribution in [0.3, 0.4) is 0 Å². The van der Waals surface area contributed by atoms with Crippen LogP contribution in [0.5, 0.6) is 0 Å². The molecular formula is C17H13F4N5OS. The van der Waals surface area contributed by atoms with Crippen molar-refractivity contribution < 1.29 is 22.4 Å². The number of hydrogen-bond donors (Lipinski definition) is 2. The van der Waals surface area contributed by atoms with Crippen LogP contribution < -0.4 is 11.2 Å². The van der Waals surface area contributed by atoms with E-state index in [9.17, 15) is 22.4 Å². The Morgan fingerprint density at radius 3 is 2.61 bits per heavy atom. The average Bonchev–Trinajstić information content (AvgIpc) is 3.02. The number of nitrogens with one attached hydrogen (secondary N) is 1. The number of halogens is 4. The zero-order chi connectivity index (χ0) is 20.4. The van der Waals surface area contributed by atoms with Crippen molar-refractivity contribution in [3.05, 3.63) is 59.7 Å². The molecule has 0 saturated carbocycles. The summed E-state index contributed by atoms with van der Waals surface area (Å²) in [5.74, 6) is 0.387. The monoisotopic (exact) mass is 411 g/mol. The molecule has 6 nitrogen and oxygen atoms in total. The van der Waals surface area contributed by atoms with Crippen LogP contribution in [0, 0.1) is 23.3 Å². The molecule has 0 radical (unpaired) electrons. The molecule has 146 valence electrons. The van der Waals surface area contributed by atoms with Gasteiger partial charge in [-0.25, -0.2) is 22.2 Å². The molecule has 3 aromatic rings. The van der Waals surface area contributed by atoms with Crippen LogP contribution in [-0.2, 0) is 4.79 Å². The van der Waals surface area contributed by atoms with Crippen LogP contribution in [0.4, 0.5) is 23.2 Å². The summed E-state index contributed by atoms with van der Waals surface area (Å²) >= 11 is 0.899. The van der Waals surface area contributed by atoms with Crippen LogP contribution >= 0.6 is 11.8 Å². The first kappa shape index (κ1) is 19.7. The van der Waals surface area contributed by atoms with Crippen LogP contribution in [0.1, 0.15) is 6.92 Å². The van der Waals surface area contributed by atoms with Gasteiger partial charge < -0.3 is 11.2 Å². The summed E-state index contributed by atoms with van der Waals surface area (Å²) in [5, 5.41) is 9.22. The minimum absolute atomic E-state index is 0.146. The van der Waals surface area contributed by atoms with Gasteiger partial charge in [0.15, 0.2) is 23.3 Å². The summed E-state index contributed by atoms with van der Waals surface area (Å²) in [6.45, 7) is 1.48. The second kappa shape index (κ2) is 7.89. The number of nitrogen functional groups attached to an aromatic ring is 1. The van der Waals surface area contributed by atoms with Crippen LogP contribution in [-0.4, -0.2) is 26.0 Å². The molecule has 2 aromatic carbocycles. The topological polar surface area (TPSA) is 85.8 Å². The molecule has 0 aliphatic rings. The van der Waals surface area contributed by atoms with E-state index in [4.69, 9.17) is 5.84 Å². The Balaban J connectivity index is 1.74. The fourth-order valence-electron chi connectivity index (χ4n) is 2.25. The highest BCUT2D eigenvalue weighted by atomic mass is 32.2. The zero-order valence-corrected chi connectivity index (χ0v) is 15.1. The lowest BCUT2D eigenvalue weighted by atomic mass is 10.2. The molecule has 28 heavy (non-hydrogen) atoms. The van der Waals surface area contributed by atoms with Crippen molar-refractivity contribution in [1.82, 2.24) is 14.9 Å². The van der Waals surface area contributed by atoms with E-state index in [0.29, 0.717) is 11.6 Å². The number of rotatable bonds is 5. The number of nitrogens with two attached hydrogens (primary N) is 1. The van der Waals surface area contributed by atoms with Gasteiger partial charge in [-0.1, -0.05) is 23.9 Å². The van der Waals surface area contributed by atoms with Crippen molar-refractivity contribution >= 4 is 23.4 Å². The third kappa shape index (κ3) is 3.93. The number of nitrogens with zero attached hydrogens (tertiary/aromatic N) is 3. The molecule has 0 unspecified atom stereocenters. The van der Waals surface area contributed by atoms with Crippen molar-refractivity contribution in [2.45, 2.75) is 17.3 Å². The molecule has 0 saturated heterocycles. The molecule has 0 bridgehead atoms. The first-order valence-electron chi connectivity index (χ1n) is 7.85. The van der Waals surface area contributed by atoms with Gasteiger partial charge in [-0.3, -0.25) is 4.79 Å². The van der Waals surface area contributed by atoms with E-state index in [2.05, 4.69) is 15.5 Å². The van der Waals surface area contributed by atoms with Crippen LogP contribution in [0.25, 0.3) is 11.4 Å². The molecule has 1 heterocycles. The number of thioether (sulfide) groups is 1. The van der Waals surface area contributed by atoms with Gasteiger partial charge in [-0.2, -0.15) is 0 Å². The molecule has 3 rings (SSSR count). The standard InChI is InChI=1S/C17H13F4N5OS/c1-8(16(27)23-12-6-5-11(19)13(20)14(12)21)28-17-25-24-15(26(17)22)9-3-2-4-10(18)7-9/h2-8H,22H2,1H3,(H,23,27)/t8-/m0/s1. The first-order valence-corrected chi connectivity index (χ1v) is 8.73. The van der Waals surface area contributed by atoms with Gasteiger partial charge in [-0.05, 0) is 31.2 Å². The predicted molar refractivity (Wildman–Crippen MR) is 95.8 cm³/mol. The van der Waals surface area contributed by atoms with Crippen molar-refractivity contribution in [2.75, 3.05) is 11.2 Å². The maximum atomic E-state index is 13.7. The van der Waals surface area contributed by atoms with E-state index in [1.807, 2.05) is 0 Å². The van der Waals surface area contributed by atoms with Crippen LogP contribution in [0.2, 0.25) is 0 Å². The van der Waals surface area contributed by atoms with Crippen LogP contribution in [0.15, 0.2) is 41.6 Å². The molecular weight excluding hydrogens is 398 g/mol. The number of hydrogen-bond acceptors (Lipinski definition) is 5. The van der Waals surface area contributed by atoms with Gasteiger partial charge in [0.2, 0.25) is 11.1 Å². The smallest absolute Gasteiger partial charge is 0.237 e. The number of carbonyl (C=O) groups excluding carboxylic acids is 1. The van der Waals surface area contributed by atoms with E-state index >= 15 is 0 Å². The summed E-state index contributed by atoms with van der Waals surface area (Å²) in [6, 6.07) is 7.18. The third-order valence-corrected chi connectivity index (χ3v) is 4.75. The maximum Gasteiger partial charge on any atom is 0.237 e. The normalized spacial score (nSPS) is 12.0. The molecule has 11 heteroatoms. The van der Waals surface area contributed by atoms with Crippen molar-refractivity contribution in [2.24, 2.45) is 0 Å². The van der Waals surface area contributed by atoms with Gasteiger partial charge in [0.05, 0.1) is 10.9 Å². The molecule has 1 aromatic heterocycles. The van der Waals surface area contributed by atoms with Gasteiger partial charge in [-0.15, -0.1) is 10.2 Å². The van der Waals surface area contributed by atoms with Gasteiger partial charge in [0.25, 0.3) is 0 Å². The Morgan fingerprint density at radius 2 is 1.89 bits per heavy atom. The highest BCUT2D eigenvalue weighted by Crippen LogP contribution is 2.26. The SMILES string of the molecule is C[C@H](Sc1nnc(-c2cccc(F)c2)n1N)C(=O)Nc1ccc(F)c(F)c1F. The summed E-state index contributed by atoms with van der Waals surface area (Å²) in [6.07, 6.45) is 0. The van der Waals surface area contributed by atoms with Crippen molar-refractivity contribution in [1.29, 1.82) is 0 Å². The fraction of sp³-hybridized carbons (Fsp3) is 0.118. The Kier molecular flexibility index (Phi) is 5.54. The fourth-order valence-corrected chi connectivity index (χ4v) is 3.02. The predicted octanol–water partition coefficient (Wildman–Crippen LogP) is 3.33. The Labute approximate surface area is 160 Å². The van der Waals surface area contributed by atoms with E-state index in [0.717, 1.165) is 22.5 Å². The second-order valence-corrected chi connectivity index (χ2v) is 6.97. The Morgan fingerprint density at radius 1 is 1.14 bits per heavy atom. The number of carbonyl (C=O) groups is 1. The Bertz CT molecular complexity index is 1040. The zero-order valence-electron chi connectivity index (χ0n) is 14.3. The van der Waals surface area contributed by atoms with Gasteiger partial charge >= 0.3 is 0 Å².